The first-order valence-electron chi connectivity index (χ1n) is 9.98. The highest BCUT2D eigenvalue weighted by atomic mass is 32.2. The van der Waals surface area contributed by atoms with Crippen LogP contribution >= 0.6 is 0 Å². The van der Waals surface area contributed by atoms with E-state index in [9.17, 15) is 22.8 Å². The van der Waals surface area contributed by atoms with E-state index >= 15 is 0 Å². The predicted octanol–water partition coefficient (Wildman–Crippen LogP) is 2.16. The zero-order valence-electron chi connectivity index (χ0n) is 18.4. The largest absolute Gasteiger partial charge is 0.329 e. The molecule has 3 aromatic rings. The first-order valence-corrected chi connectivity index (χ1v) is 11.9. The van der Waals surface area contributed by atoms with Gasteiger partial charge in [0.25, 0.3) is 11.5 Å². The summed E-state index contributed by atoms with van der Waals surface area (Å²) >= 11 is 0. The molecule has 3 rings (SSSR count). The molecule has 0 aliphatic heterocycles. The van der Waals surface area contributed by atoms with Crippen molar-refractivity contribution in [3.63, 3.8) is 0 Å². The van der Waals surface area contributed by atoms with E-state index in [4.69, 9.17) is 0 Å². The summed E-state index contributed by atoms with van der Waals surface area (Å²) < 4.78 is 26.9. The van der Waals surface area contributed by atoms with Crippen molar-refractivity contribution >= 4 is 38.3 Å². The number of nitrogens with zero attached hydrogens (tertiary/aromatic N) is 2. The summed E-state index contributed by atoms with van der Waals surface area (Å²) in [5.74, 6) is -0.643. The minimum absolute atomic E-state index is 0.00921. The van der Waals surface area contributed by atoms with Crippen LogP contribution in [0.5, 0.6) is 0 Å². The van der Waals surface area contributed by atoms with Gasteiger partial charge in [0, 0.05) is 17.9 Å². The van der Waals surface area contributed by atoms with Crippen LogP contribution in [0.25, 0.3) is 11.0 Å². The van der Waals surface area contributed by atoms with Gasteiger partial charge in [0.1, 0.15) is 0 Å². The zero-order valence-corrected chi connectivity index (χ0v) is 19.3. The molecule has 0 spiro atoms. The van der Waals surface area contributed by atoms with Crippen molar-refractivity contribution in [2.75, 3.05) is 16.3 Å². The Bertz CT molecular complexity index is 1440. The Balaban J connectivity index is 2.16. The lowest BCUT2D eigenvalue weighted by Crippen LogP contribution is -2.32. The maximum Gasteiger partial charge on any atom is 0.329 e. The molecule has 170 valence electrons. The number of aryl methyl sites for hydroxylation is 2. The number of benzene rings is 1. The molecular weight excluding hydrogens is 434 g/mol. The smallest absolute Gasteiger partial charge is 0.322 e. The Hall–Kier alpha value is -3.47. The molecule has 0 bridgehead atoms. The molecule has 11 heteroatoms. The van der Waals surface area contributed by atoms with Crippen molar-refractivity contribution < 1.29 is 13.2 Å². The van der Waals surface area contributed by atoms with Gasteiger partial charge in [-0.15, -0.1) is 0 Å². The van der Waals surface area contributed by atoms with E-state index in [-0.39, 0.29) is 29.1 Å². The maximum absolute atomic E-state index is 13.2. The van der Waals surface area contributed by atoms with Crippen LogP contribution in [-0.2, 0) is 16.6 Å². The van der Waals surface area contributed by atoms with Gasteiger partial charge in [-0.3, -0.25) is 23.9 Å². The highest BCUT2D eigenvalue weighted by molar-refractivity contribution is 7.92. The molecule has 0 aliphatic carbocycles. The molecule has 32 heavy (non-hydrogen) atoms. The summed E-state index contributed by atoms with van der Waals surface area (Å²) in [6, 6.07) is 6.31. The first kappa shape index (κ1) is 23.2. The lowest BCUT2D eigenvalue weighted by molar-refractivity contribution is 0.102. The molecular formula is C21H25N5O5S. The van der Waals surface area contributed by atoms with Gasteiger partial charge in [0.05, 0.1) is 22.9 Å². The van der Waals surface area contributed by atoms with Crippen LogP contribution in [0.2, 0.25) is 0 Å². The number of nitrogens with one attached hydrogen (secondary N) is 3. The van der Waals surface area contributed by atoms with Crippen molar-refractivity contribution in [2.24, 2.45) is 0 Å². The Morgan fingerprint density at radius 2 is 1.91 bits per heavy atom. The van der Waals surface area contributed by atoms with Crippen molar-refractivity contribution in [1.29, 1.82) is 0 Å². The lowest BCUT2D eigenvalue weighted by Gasteiger charge is -2.15. The van der Waals surface area contributed by atoms with E-state index in [1.807, 2.05) is 13.8 Å². The highest BCUT2D eigenvalue weighted by Gasteiger charge is 2.20. The third-order valence-electron chi connectivity index (χ3n) is 4.91. The number of H-pyrrole nitrogens is 1. The fraction of sp³-hybridized carbons (Fsp3) is 0.333. The number of carbonyl (C=O) groups excluding carboxylic acids is 1. The van der Waals surface area contributed by atoms with Crippen LogP contribution in [0.15, 0.2) is 33.9 Å². The normalized spacial score (nSPS) is 11.7. The molecule has 2 aromatic heterocycles. The molecule has 1 aromatic carbocycles. The molecule has 0 aliphatic rings. The number of aromatic amines is 1. The molecule has 0 atom stereocenters. The van der Waals surface area contributed by atoms with Gasteiger partial charge >= 0.3 is 5.69 Å². The van der Waals surface area contributed by atoms with E-state index in [0.717, 1.165) is 6.26 Å². The minimum Gasteiger partial charge on any atom is -0.322 e. The standard InChI is InChI=1S/C21H25N5O5S/c1-6-26-18-17(20(28)24-21(26)29)14(10-15(23-18)11(2)3)19(27)22-13-8-7-12(4)16(9-13)25-32(5,30)31/h7-11,25H,6H2,1-5H3,(H,22,27)(H,24,28,29). The second-order valence-corrected chi connectivity index (χ2v) is 9.56. The van der Waals surface area contributed by atoms with Crippen LogP contribution in [-0.4, -0.2) is 35.1 Å². The van der Waals surface area contributed by atoms with E-state index in [1.165, 1.54) is 16.7 Å². The second kappa shape index (κ2) is 8.58. The SMILES string of the molecule is CCn1c(=O)[nH]c(=O)c2c(C(=O)Nc3ccc(C)c(NS(C)(=O)=O)c3)cc(C(C)C)nc21. The van der Waals surface area contributed by atoms with Crippen LogP contribution in [0.4, 0.5) is 11.4 Å². The zero-order chi connectivity index (χ0) is 23.8. The Morgan fingerprint density at radius 1 is 1.22 bits per heavy atom. The summed E-state index contributed by atoms with van der Waals surface area (Å²) in [4.78, 5) is 44.8. The number of hydrogen-bond donors (Lipinski definition) is 3. The monoisotopic (exact) mass is 459 g/mol. The van der Waals surface area contributed by atoms with Crippen LogP contribution in [0, 0.1) is 6.92 Å². The Kier molecular flexibility index (Phi) is 6.22. The fourth-order valence-corrected chi connectivity index (χ4v) is 3.89. The van der Waals surface area contributed by atoms with E-state index < -0.39 is 27.2 Å². The van der Waals surface area contributed by atoms with E-state index in [2.05, 4.69) is 20.0 Å². The van der Waals surface area contributed by atoms with E-state index in [0.29, 0.717) is 22.6 Å². The lowest BCUT2D eigenvalue weighted by atomic mass is 10.0. The average Bonchev–Trinajstić information content (AvgIpc) is 2.68. The molecule has 0 radical (unpaired) electrons. The number of amides is 1. The summed E-state index contributed by atoms with van der Waals surface area (Å²) in [5, 5.41) is 2.72. The Morgan fingerprint density at radius 3 is 2.50 bits per heavy atom. The molecule has 0 unspecified atom stereocenters. The Labute approximate surface area is 184 Å². The molecule has 3 N–H and O–H groups in total. The van der Waals surface area contributed by atoms with Crippen LogP contribution < -0.4 is 21.3 Å². The molecule has 0 fully saturated rings. The third-order valence-corrected chi connectivity index (χ3v) is 5.50. The van der Waals surface area contributed by atoms with Gasteiger partial charge in [-0.05, 0) is 43.5 Å². The molecule has 0 saturated heterocycles. The van der Waals surface area contributed by atoms with Gasteiger partial charge < -0.3 is 5.32 Å². The molecule has 1 amide bonds. The number of hydrogen-bond acceptors (Lipinski definition) is 6. The van der Waals surface area contributed by atoms with Gasteiger partial charge in [0.2, 0.25) is 10.0 Å². The van der Waals surface area contributed by atoms with Crippen molar-refractivity contribution in [2.45, 2.75) is 40.2 Å². The van der Waals surface area contributed by atoms with Gasteiger partial charge in [-0.1, -0.05) is 19.9 Å². The highest BCUT2D eigenvalue weighted by Crippen LogP contribution is 2.24. The van der Waals surface area contributed by atoms with Crippen LogP contribution in [0.3, 0.4) is 0 Å². The second-order valence-electron chi connectivity index (χ2n) is 7.81. The van der Waals surface area contributed by atoms with E-state index in [1.54, 1.807) is 26.0 Å². The van der Waals surface area contributed by atoms with Crippen molar-refractivity contribution in [3.05, 3.63) is 61.9 Å². The number of carbonyl (C=O) groups is 1. The van der Waals surface area contributed by atoms with Gasteiger partial charge in [-0.2, -0.15) is 0 Å². The third kappa shape index (κ3) is 4.72. The van der Waals surface area contributed by atoms with Crippen LogP contribution in [0.1, 0.15) is 48.3 Å². The number of anilines is 2. The van der Waals surface area contributed by atoms with Gasteiger partial charge in [0.15, 0.2) is 5.65 Å². The number of aromatic nitrogens is 3. The van der Waals surface area contributed by atoms with Crippen molar-refractivity contribution in [1.82, 2.24) is 14.5 Å². The number of fused-ring (bicyclic) bond motifs is 1. The predicted molar refractivity (Wildman–Crippen MR) is 124 cm³/mol. The fourth-order valence-electron chi connectivity index (χ4n) is 3.27. The summed E-state index contributed by atoms with van der Waals surface area (Å²) in [7, 11) is -3.51. The first-order chi connectivity index (χ1) is 14.9. The minimum atomic E-state index is -3.51. The van der Waals surface area contributed by atoms with Crippen molar-refractivity contribution in [3.8, 4) is 0 Å². The average molecular weight is 460 g/mol. The summed E-state index contributed by atoms with van der Waals surface area (Å²) in [5.41, 5.74) is 0.798. The summed E-state index contributed by atoms with van der Waals surface area (Å²) in [6.07, 6.45) is 1.04. The topological polar surface area (TPSA) is 143 Å². The van der Waals surface area contributed by atoms with Gasteiger partial charge in [-0.25, -0.2) is 18.2 Å². The molecule has 0 saturated carbocycles. The number of pyridine rings is 1. The maximum atomic E-state index is 13.2. The molecule has 10 nitrogen and oxygen atoms in total. The number of sulfonamides is 1. The quantitative estimate of drug-likeness (QED) is 0.515. The molecule has 2 heterocycles. The summed E-state index contributed by atoms with van der Waals surface area (Å²) in [6.45, 7) is 7.51. The number of rotatable bonds is 6.